The molecule has 2 aromatic heterocycles. The summed E-state index contributed by atoms with van der Waals surface area (Å²) in [6.07, 6.45) is 3.30. The number of aryl methyl sites for hydroxylation is 1. The molecule has 0 aliphatic rings. The predicted molar refractivity (Wildman–Crippen MR) is 81.3 cm³/mol. The third kappa shape index (κ3) is 2.25. The molecule has 0 saturated heterocycles. The van der Waals surface area contributed by atoms with E-state index in [1.165, 1.54) is 10.7 Å². The minimum atomic E-state index is -0.505. The topological polar surface area (TPSA) is 56.7 Å². The van der Waals surface area contributed by atoms with Crippen LogP contribution in [0.1, 0.15) is 0 Å². The van der Waals surface area contributed by atoms with Gasteiger partial charge in [0.2, 0.25) is 0 Å². The fourth-order valence-corrected chi connectivity index (χ4v) is 2.39. The Labute approximate surface area is 126 Å². The number of nitrogen functional groups attached to an aromatic ring is 1. The lowest BCUT2D eigenvalue weighted by atomic mass is 10.0. The smallest absolute Gasteiger partial charge is 0.149 e. The maximum atomic E-state index is 14.3. The van der Waals surface area contributed by atoms with Crippen molar-refractivity contribution in [2.24, 2.45) is 7.05 Å². The molecule has 0 bridgehead atoms. The largest absolute Gasteiger partial charge is 0.383 e. The quantitative estimate of drug-likeness (QED) is 0.788. The fourth-order valence-electron chi connectivity index (χ4n) is 2.21. The van der Waals surface area contributed by atoms with Crippen LogP contribution in [0.3, 0.4) is 0 Å². The second-order valence-electron chi connectivity index (χ2n) is 4.57. The molecule has 0 spiro atoms. The maximum Gasteiger partial charge on any atom is 0.149 e. The minimum absolute atomic E-state index is 0.0523. The van der Waals surface area contributed by atoms with Gasteiger partial charge in [-0.05, 0) is 18.2 Å². The molecule has 0 radical (unpaired) electrons. The highest BCUT2D eigenvalue weighted by atomic mass is 35.5. The van der Waals surface area contributed by atoms with Crippen LogP contribution in [0.15, 0.2) is 42.7 Å². The second-order valence-corrected chi connectivity index (χ2v) is 4.98. The van der Waals surface area contributed by atoms with Gasteiger partial charge in [-0.25, -0.2) is 4.39 Å². The molecule has 0 fully saturated rings. The number of nitrogens with two attached hydrogens (primary N) is 1. The van der Waals surface area contributed by atoms with Crippen LogP contribution < -0.4 is 5.73 Å². The molecule has 3 rings (SSSR count). The highest BCUT2D eigenvalue weighted by Gasteiger charge is 2.21. The van der Waals surface area contributed by atoms with Crippen LogP contribution in [0, 0.1) is 5.82 Å². The molecule has 6 heteroatoms. The highest BCUT2D eigenvalue weighted by molar-refractivity contribution is 6.31. The molecule has 4 nitrogen and oxygen atoms in total. The van der Waals surface area contributed by atoms with Crippen molar-refractivity contribution in [3.05, 3.63) is 53.6 Å². The number of halogens is 2. The fraction of sp³-hybridized carbons (Fsp3) is 0.0667. The van der Waals surface area contributed by atoms with Gasteiger partial charge in [0.1, 0.15) is 17.3 Å². The van der Waals surface area contributed by atoms with Crippen molar-refractivity contribution in [3.8, 4) is 22.4 Å². The third-order valence-corrected chi connectivity index (χ3v) is 3.56. The van der Waals surface area contributed by atoms with Crippen molar-refractivity contribution in [2.75, 3.05) is 5.73 Å². The second kappa shape index (κ2) is 5.18. The summed E-state index contributed by atoms with van der Waals surface area (Å²) in [6, 6.07) is 8.42. The van der Waals surface area contributed by atoms with E-state index in [0.717, 1.165) is 5.56 Å². The lowest BCUT2D eigenvalue weighted by Crippen LogP contribution is -1.98. The van der Waals surface area contributed by atoms with E-state index in [0.29, 0.717) is 22.6 Å². The first kappa shape index (κ1) is 13.6. The number of hydrogen-bond donors (Lipinski definition) is 1. The van der Waals surface area contributed by atoms with Gasteiger partial charge in [0.25, 0.3) is 0 Å². The van der Waals surface area contributed by atoms with E-state index in [4.69, 9.17) is 17.3 Å². The summed E-state index contributed by atoms with van der Waals surface area (Å²) in [4.78, 5) is 3.97. The lowest BCUT2D eigenvalue weighted by molar-refractivity contribution is 0.632. The summed E-state index contributed by atoms with van der Waals surface area (Å²) in [5.41, 5.74) is 8.34. The van der Waals surface area contributed by atoms with E-state index >= 15 is 0 Å². The van der Waals surface area contributed by atoms with Crippen LogP contribution in [0.25, 0.3) is 22.4 Å². The molecule has 0 aliphatic heterocycles. The number of rotatable bonds is 2. The van der Waals surface area contributed by atoms with Crippen LogP contribution in [-0.2, 0) is 7.05 Å². The first-order chi connectivity index (χ1) is 10.1. The first-order valence-electron chi connectivity index (χ1n) is 6.27. The summed E-state index contributed by atoms with van der Waals surface area (Å²) in [5.74, 6) is -0.128. The molecule has 0 amide bonds. The number of aromatic nitrogens is 3. The standard InChI is InChI=1S/C15H12ClFN4/c1-21-15(18)12(10-3-2-4-11(16)13(10)17)14(20-21)9-5-7-19-8-6-9/h2-8H,18H2,1H3. The Hall–Kier alpha value is -2.40. The molecule has 21 heavy (non-hydrogen) atoms. The van der Waals surface area contributed by atoms with E-state index in [1.807, 2.05) is 0 Å². The molecule has 0 unspecified atom stereocenters. The number of nitrogens with zero attached hydrogens (tertiary/aromatic N) is 3. The molecule has 3 aromatic rings. The van der Waals surface area contributed by atoms with Crippen LogP contribution in [-0.4, -0.2) is 14.8 Å². The van der Waals surface area contributed by atoms with Gasteiger partial charge in [0.15, 0.2) is 0 Å². The molecule has 0 atom stereocenters. The van der Waals surface area contributed by atoms with Gasteiger partial charge in [-0.1, -0.05) is 23.7 Å². The van der Waals surface area contributed by atoms with Gasteiger partial charge < -0.3 is 5.73 Å². The molecule has 0 aliphatic carbocycles. The van der Waals surface area contributed by atoms with E-state index < -0.39 is 5.82 Å². The van der Waals surface area contributed by atoms with Crippen molar-refractivity contribution < 1.29 is 4.39 Å². The third-order valence-electron chi connectivity index (χ3n) is 3.27. The SMILES string of the molecule is Cn1nc(-c2ccncc2)c(-c2cccc(Cl)c2F)c1N. The summed E-state index contributed by atoms with van der Waals surface area (Å²) in [6.45, 7) is 0. The molecular formula is C15H12ClFN4. The molecule has 1 aromatic carbocycles. The Morgan fingerprint density at radius 1 is 1.19 bits per heavy atom. The molecular weight excluding hydrogens is 291 g/mol. The van der Waals surface area contributed by atoms with Gasteiger partial charge in [0, 0.05) is 30.6 Å². The number of pyridine rings is 1. The van der Waals surface area contributed by atoms with Crippen LogP contribution in [0.2, 0.25) is 5.02 Å². The van der Waals surface area contributed by atoms with Gasteiger partial charge >= 0.3 is 0 Å². The zero-order valence-corrected chi connectivity index (χ0v) is 12.0. The normalized spacial score (nSPS) is 10.8. The monoisotopic (exact) mass is 302 g/mol. The maximum absolute atomic E-state index is 14.3. The van der Waals surface area contributed by atoms with Gasteiger partial charge in [0.05, 0.1) is 10.6 Å². The van der Waals surface area contributed by atoms with Crippen LogP contribution in [0.5, 0.6) is 0 Å². The molecule has 0 saturated carbocycles. The van der Waals surface area contributed by atoms with Gasteiger partial charge in [-0.3, -0.25) is 9.67 Å². The zero-order valence-electron chi connectivity index (χ0n) is 11.2. The summed E-state index contributed by atoms with van der Waals surface area (Å²) in [5, 5.41) is 4.43. The van der Waals surface area contributed by atoms with Crippen LogP contribution in [0.4, 0.5) is 10.2 Å². The van der Waals surface area contributed by atoms with E-state index in [1.54, 1.807) is 43.7 Å². The molecule has 2 N–H and O–H groups in total. The van der Waals surface area contributed by atoms with Crippen molar-refractivity contribution >= 4 is 17.4 Å². The highest BCUT2D eigenvalue weighted by Crippen LogP contribution is 2.38. The van der Waals surface area contributed by atoms with Gasteiger partial charge in [-0.15, -0.1) is 0 Å². The molecule has 2 heterocycles. The average molecular weight is 303 g/mol. The summed E-state index contributed by atoms with van der Waals surface area (Å²) >= 11 is 5.87. The van der Waals surface area contributed by atoms with E-state index in [2.05, 4.69) is 10.1 Å². The first-order valence-corrected chi connectivity index (χ1v) is 6.64. The van der Waals surface area contributed by atoms with E-state index in [-0.39, 0.29) is 5.02 Å². The lowest BCUT2D eigenvalue weighted by Gasteiger charge is -2.06. The Kier molecular flexibility index (Phi) is 3.35. The van der Waals surface area contributed by atoms with Crippen molar-refractivity contribution in [2.45, 2.75) is 0 Å². The van der Waals surface area contributed by atoms with Gasteiger partial charge in [-0.2, -0.15) is 5.10 Å². The minimum Gasteiger partial charge on any atom is -0.383 e. The van der Waals surface area contributed by atoms with E-state index in [9.17, 15) is 4.39 Å². The Bertz CT molecular complexity index is 799. The summed E-state index contributed by atoms with van der Waals surface area (Å²) in [7, 11) is 1.71. The van der Waals surface area contributed by atoms with Crippen LogP contribution >= 0.6 is 11.6 Å². The van der Waals surface area contributed by atoms with Crippen molar-refractivity contribution in [3.63, 3.8) is 0 Å². The van der Waals surface area contributed by atoms with Crippen molar-refractivity contribution in [1.82, 2.24) is 14.8 Å². The molecule has 106 valence electrons. The Morgan fingerprint density at radius 3 is 2.62 bits per heavy atom. The number of anilines is 1. The van der Waals surface area contributed by atoms with Crippen molar-refractivity contribution in [1.29, 1.82) is 0 Å². The number of benzene rings is 1. The Balaban J connectivity index is 2.30. The zero-order chi connectivity index (χ0) is 15.0. The average Bonchev–Trinajstić information content (AvgIpc) is 2.79. The Morgan fingerprint density at radius 2 is 1.90 bits per heavy atom. The summed E-state index contributed by atoms with van der Waals surface area (Å²) < 4.78 is 15.9. The predicted octanol–water partition coefficient (Wildman–Crippen LogP) is 3.52. The number of hydrogen-bond acceptors (Lipinski definition) is 3.